The molecule has 3 unspecified atom stereocenters. The van der Waals surface area contributed by atoms with Crippen molar-refractivity contribution in [1.29, 1.82) is 0 Å². The fourth-order valence-corrected chi connectivity index (χ4v) is 2.87. The Labute approximate surface area is 70.4 Å². The van der Waals surface area contributed by atoms with E-state index in [9.17, 15) is 0 Å². The molecule has 0 radical (unpaired) electrons. The Morgan fingerprint density at radius 1 is 0.909 bits per heavy atom. The Morgan fingerprint density at radius 3 is 2.00 bits per heavy atom. The highest BCUT2D eigenvalue weighted by molar-refractivity contribution is 4.88. The lowest BCUT2D eigenvalue weighted by Crippen LogP contribution is -2.34. The fourth-order valence-electron chi connectivity index (χ4n) is 2.87. The summed E-state index contributed by atoms with van der Waals surface area (Å²) >= 11 is 0. The van der Waals surface area contributed by atoms with Gasteiger partial charge in [-0.25, -0.2) is 0 Å². The van der Waals surface area contributed by atoms with Gasteiger partial charge in [-0.15, -0.1) is 0 Å². The van der Waals surface area contributed by atoms with Gasteiger partial charge in [0.1, 0.15) is 0 Å². The summed E-state index contributed by atoms with van der Waals surface area (Å²) in [5, 5.41) is 0. The molecule has 0 N–H and O–H groups in total. The van der Waals surface area contributed by atoms with Crippen molar-refractivity contribution in [2.24, 2.45) is 23.7 Å². The topological polar surface area (TPSA) is 0 Å². The van der Waals surface area contributed by atoms with E-state index in [4.69, 9.17) is 0 Å². The van der Waals surface area contributed by atoms with Crippen LogP contribution in [0.3, 0.4) is 0 Å². The number of hydrogen-bond donors (Lipinski definition) is 0. The van der Waals surface area contributed by atoms with Crippen LogP contribution < -0.4 is 0 Å². The Hall–Kier alpha value is 0. The predicted molar refractivity (Wildman–Crippen MR) is 48.4 cm³/mol. The molecule has 0 spiro atoms. The molecule has 64 valence electrons. The maximum absolute atomic E-state index is 2.39. The quantitative estimate of drug-likeness (QED) is 0.539. The van der Waals surface area contributed by atoms with Crippen molar-refractivity contribution < 1.29 is 0 Å². The summed E-state index contributed by atoms with van der Waals surface area (Å²) in [7, 11) is 0. The van der Waals surface area contributed by atoms with E-state index in [0.29, 0.717) is 0 Å². The van der Waals surface area contributed by atoms with Crippen LogP contribution in [0.5, 0.6) is 0 Å². The molecule has 0 heterocycles. The molecule has 0 bridgehead atoms. The van der Waals surface area contributed by atoms with E-state index < -0.39 is 0 Å². The molecule has 0 saturated heterocycles. The van der Waals surface area contributed by atoms with Gasteiger partial charge in [-0.3, -0.25) is 0 Å². The average molecular weight is 152 g/mol. The van der Waals surface area contributed by atoms with Crippen molar-refractivity contribution >= 4 is 0 Å². The molecule has 2 saturated carbocycles. The summed E-state index contributed by atoms with van der Waals surface area (Å²) in [6.45, 7) is 4.79. The Bertz CT molecular complexity index is 137. The lowest BCUT2D eigenvalue weighted by molar-refractivity contribution is 0.0630. The zero-order valence-electron chi connectivity index (χ0n) is 7.84. The monoisotopic (exact) mass is 152 g/mol. The molecular formula is C11H20. The van der Waals surface area contributed by atoms with Crippen LogP contribution in [0.1, 0.15) is 46.0 Å². The van der Waals surface area contributed by atoms with Crippen LogP contribution >= 0.6 is 0 Å². The van der Waals surface area contributed by atoms with Crippen LogP contribution in [-0.4, -0.2) is 0 Å². The van der Waals surface area contributed by atoms with Crippen LogP contribution in [0.25, 0.3) is 0 Å². The van der Waals surface area contributed by atoms with Gasteiger partial charge < -0.3 is 0 Å². The van der Waals surface area contributed by atoms with Crippen LogP contribution in [0.4, 0.5) is 0 Å². The summed E-state index contributed by atoms with van der Waals surface area (Å²) in [6.07, 6.45) is 7.73. The number of rotatable bonds is 1. The summed E-state index contributed by atoms with van der Waals surface area (Å²) in [5.74, 6) is 4.31. The van der Waals surface area contributed by atoms with Gasteiger partial charge in [0.05, 0.1) is 0 Å². The van der Waals surface area contributed by atoms with Gasteiger partial charge in [0.15, 0.2) is 0 Å². The van der Waals surface area contributed by atoms with Gasteiger partial charge in [0.25, 0.3) is 0 Å². The minimum absolute atomic E-state index is 0.941. The van der Waals surface area contributed by atoms with Gasteiger partial charge in [-0.2, -0.15) is 0 Å². The Kier molecular flexibility index (Phi) is 1.95. The molecule has 2 fully saturated rings. The SMILES string of the molecule is CC(C)C1CCC2CCC2C1. The van der Waals surface area contributed by atoms with Gasteiger partial charge in [0.2, 0.25) is 0 Å². The molecule has 2 rings (SSSR count). The van der Waals surface area contributed by atoms with Crippen molar-refractivity contribution in [3.05, 3.63) is 0 Å². The smallest absolute Gasteiger partial charge is 0.0383 e. The number of fused-ring (bicyclic) bond motifs is 1. The maximum atomic E-state index is 2.39. The highest BCUT2D eigenvalue weighted by Crippen LogP contribution is 2.48. The zero-order valence-corrected chi connectivity index (χ0v) is 7.84. The molecule has 0 aliphatic heterocycles. The molecular weight excluding hydrogens is 132 g/mol. The van der Waals surface area contributed by atoms with Crippen molar-refractivity contribution in [3.63, 3.8) is 0 Å². The number of hydrogen-bond acceptors (Lipinski definition) is 0. The summed E-state index contributed by atoms with van der Waals surface area (Å²) in [4.78, 5) is 0. The third kappa shape index (κ3) is 1.32. The molecule has 3 atom stereocenters. The normalized spacial score (nSPS) is 43.4. The van der Waals surface area contributed by atoms with E-state index in [2.05, 4.69) is 13.8 Å². The minimum atomic E-state index is 0.941. The van der Waals surface area contributed by atoms with Crippen molar-refractivity contribution in [3.8, 4) is 0 Å². The minimum Gasteiger partial charge on any atom is -0.0625 e. The summed E-state index contributed by atoms with van der Waals surface area (Å²) in [5.41, 5.74) is 0. The molecule has 0 aromatic heterocycles. The van der Waals surface area contributed by atoms with Gasteiger partial charge in [0, 0.05) is 0 Å². The van der Waals surface area contributed by atoms with Crippen LogP contribution in [-0.2, 0) is 0 Å². The lowest BCUT2D eigenvalue weighted by atomic mass is 9.61. The van der Waals surface area contributed by atoms with E-state index in [-0.39, 0.29) is 0 Å². The van der Waals surface area contributed by atoms with E-state index in [1.807, 2.05) is 0 Å². The van der Waals surface area contributed by atoms with Crippen LogP contribution in [0.2, 0.25) is 0 Å². The molecule has 11 heavy (non-hydrogen) atoms. The fraction of sp³-hybridized carbons (Fsp3) is 1.00. The van der Waals surface area contributed by atoms with Gasteiger partial charge in [-0.1, -0.05) is 13.8 Å². The van der Waals surface area contributed by atoms with Crippen molar-refractivity contribution in [2.45, 2.75) is 46.0 Å². The molecule has 2 aliphatic carbocycles. The average Bonchev–Trinajstić information content (AvgIpc) is 1.91. The van der Waals surface area contributed by atoms with Crippen LogP contribution in [0.15, 0.2) is 0 Å². The standard InChI is InChI=1S/C11H20/c1-8(2)10-5-3-9-4-6-11(9)7-10/h8-11H,3-7H2,1-2H3. The van der Waals surface area contributed by atoms with Gasteiger partial charge in [-0.05, 0) is 55.8 Å². The van der Waals surface area contributed by atoms with Gasteiger partial charge >= 0.3 is 0 Å². The molecule has 0 nitrogen and oxygen atoms in total. The Morgan fingerprint density at radius 2 is 1.55 bits per heavy atom. The zero-order chi connectivity index (χ0) is 7.84. The predicted octanol–water partition coefficient (Wildman–Crippen LogP) is 3.47. The molecule has 0 amide bonds. The highest BCUT2D eigenvalue weighted by atomic mass is 14.4. The summed E-state index contributed by atoms with van der Waals surface area (Å²) < 4.78 is 0. The first kappa shape index (κ1) is 7.64. The second-order valence-electron chi connectivity index (χ2n) is 4.91. The molecule has 2 aliphatic rings. The maximum Gasteiger partial charge on any atom is -0.0383 e. The first-order valence-corrected chi connectivity index (χ1v) is 5.27. The second-order valence-corrected chi connectivity index (χ2v) is 4.91. The van der Waals surface area contributed by atoms with Crippen molar-refractivity contribution in [2.75, 3.05) is 0 Å². The molecule has 0 heteroatoms. The van der Waals surface area contributed by atoms with Crippen LogP contribution in [0, 0.1) is 23.7 Å². The lowest BCUT2D eigenvalue weighted by Gasteiger charge is -2.45. The van der Waals surface area contributed by atoms with E-state index in [1.165, 1.54) is 6.42 Å². The third-order valence-corrected chi connectivity index (χ3v) is 4.03. The highest BCUT2D eigenvalue weighted by Gasteiger charge is 2.37. The van der Waals surface area contributed by atoms with E-state index in [1.54, 1.807) is 25.7 Å². The third-order valence-electron chi connectivity index (χ3n) is 4.03. The molecule has 0 aromatic rings. The summed E-state index contributed by atoms with van der Waals surface area (Å²) in [6, 6.07) is 0. The second kappa shape index (κ2) is 2.80. The first-order chi connectivity index (χ1) is 5.27. The molecule has 0 aromatic carbocycles. The van der Waals surface area contributed by atoms with E-state index in [0.717, 1.165) is 23.7 Å². The largest absolute Gasteiger partial charge is 0.0625 e. The first-order valence-electron chi connectivity index (χ1n) is 5.27. The van der Waals surface area contributed by atoms with E-state index >= 15 is 0 Å². The van der Waals surface area contributed by atoms with Crippen molar-refractivity contribution in [1.82, 2.24) is 0 Å². The Balaban J connectivity index is 1.88.